The predicted octanol–water partition coefficient (Wildman–Crippen LogP) is 2.67. The monoisotopic (exact) mass is 292 g/mol. The summed E-state index contributed by atoms with van der Waals surface area (Å²) in [5, 5.41) is 3.66. The number of benzene rings is 1. The molecule has 21 heavy (non-hydrogen) atoms. The first kappa shape index (κ1) is 16.1. The first-order valence-electron chi connectivity index (χ1n) is 7.82. The minimum Gasteiger partial charge on any atom is -0.493 e. The molecule has 1 aliphatic heterocycles. The van der Waals surface area contributed by atoms with Gasteiger partial charge in [0.15, 0.2) is 11.5 Å². The van der Waals surface area contributed by atoms with Gasteiger partial charge < -0.3 is 19.7 Å². The molecule has 0 unspecified atom stereocenters. The number of nitrogens with one attached hydrogen (secondary N) is 1. The summed E-state index contributed by atoms with van der Waals surface area (Å²) in [5.74, 6) is 1.58. The van der Waals surface area contributed by atoms with Crippen molar-refractivity contribution in [3.8, 4) is 11.5 Å². The van der Waals surface area contributed by atoms with Gasteiger partial charge in [-0.05, 0) is 57.5 Å². The average molecular weight is 292 g/mol. The van der Waals surface area contributed by atoms with Crippen molar-refractivity contribution in [3.05, 3.63) is 23.8 Å². The fourth-order valence-corrected chi connectivity index (χ4v) is 2.87. The highest BCUT2D eigenvalue weighted by Crippen LogP contribution is 2.27. The number of ether oxygens (including phenoxy) is 2. The third-order valence-corrected chi connectivity index (χ3v) is 4.30. The highest BCUT2D eigenvalue weighted by atomic mass is 16.5. The first-order chi connectivity index (χ1) is 10.1. The molecule has 1 N–H and O–H groups in total. The van der Waals surface area contributed by atoms with Crippen molar-refractivity contribution in [3.63, 3.8) is 0 Å². The molecular weight excluding hydrogens is 264 g/mol. The Labute approximate surface area is 128 Å². The summed E-state index contributed by atoms with van der Waals surface area (Å²) in [6.07, 6.45) is 2.46. The molecule has 1 aliphatic rings. The number of hydrogen-bond acceptors (Lipinski definition) is 4. The van der Waals surface area contributed by atoms with Crippen LogP contribution in [0.1, 0.15) is 32.3 Å². The zero-order valence-electron chi connectivity index (χ0n) is 13.7. The van der Waals surface area contributed by atoms with Crippen molar-refractivity contribution in [1.29, 1.82) is 0 Å². The van der Waals surface area contributed by atoms with Crippen molar-refractivity contribution in [2.24, 2.45) is 0 Å². The maximum Gasteiger partial charge on any atom is 0.161 e. The Balaban J connectivity index is 1.84. The summed E-state index contributed by atoms with van der Waals surface area (Å²) < 4.78 is 10.6. The number of nitrogens with zero attached hydrogens (tertiary/aromatic N) is 1. The average Bonchev–Trinajstić information content (AvgIpc) is 2.52. The SMILES string of the molecule is COc1ccc(CNC2CCN(C(C)C)CC2)cc1OC. The molecule has 1 fully saturated rings. The van der Waals surface area contributed by atoms with Crippen LogP contribution in [0.25, 0.3) is 0 Å². The van der Waals surface area contributed by atoms with Gasteiger partial charge in [0.05, 0.1) is 14.2 Å². The van der Waals surface area contributed by atoms with Crippen molar-refractivity contribution < 1.29 is 9.47 Å². The molecule has 2 rings (SSSR count). The summed E-state index contributed by atoms with van der Waals surface area (Å²) in [7, 11) is 3.34. The van der Waals surface area contributed by atoms with Crippen LogP contribution in [0.15, 0.2) is 18.2 Å². The number of likely N-dealkylation sites (tertiary alicyclic amines) is 1. The van der Waals surface area contributed by atoms with Crippen molar-refractivity contribution >= 4 is 0 Å². The third-order valence-electron chi connectivity index (χ3n) is 4.30. The molecule has 4 heteroatoms. The molecule has 1 saturated heterocycles. The molecule has 0 spiro atoms. The summed E-state index contributed by atoms with van der Waals surface area (Å²) in [4.78, 5) is 2.55. The van der Waals surface area contributed by atoms with E-state index in [0.717, 1.165) is 18.0 Å². The Morgan fingerprint density at radius 2 is 1.81 bits per heavy atom. The van der Waals surface area contributed by atoms with Crippen LogP contribution in [0.5, 0.6) is 11.5 Å². The highest BCUT2D eigenvalue weighted by molar-refractivity contribution is 5.42. The fourth-order valence-electron chi connectivity index (χ4n) is 2.87. The molecule has 0 radical (unpaired) electrons. The summed E-state index contributed by atoms with van der Waals surface area (Å²) in [6.45, 7) is 7.82. The van der Waals surface area contributed by atoms with Crippen LogP contribution < -0.4 is 14.8 Å². The van der Waals surface area contributed by atoms with Crippen molar-refractivity contribution in [2.45, 2.75) is 45.3 Å². The number of rotatable bonds is 6. The van der Waals surface area contributed by atoms with Gasteiger partial charge in [0.25, 0.3) is 0 Å². The lowest BCUT2D eigenvalue weighted by molar-refractivity contribution is 0.161. The zero-order chi connectivity index (χ0) is 15.2. The van der Waals surface area contributed by atoms with E-state index in [4.69, 9.17) is 9.47 Å². The second-order valence-corrected chi connectivity index (χ2v) is 5.97. The van der Waals surface area contributed by atoms with E-state index in [1.54, 1.807) is 14.2 Å². The van der Waals surface area contributed by atoms with Gasteiger partial charge in [-0.25, -0.2) is 0 Å². The molecule has 0 aliphatic carbocycles. The lowest BCUT2D eigenvalue weighted by atomic mass is 10.0. The van der Waals surface area contributed by atoms with Gasteiger partial charge >= 0.3 is 0 Å². The minimum atomic E-state index is 0.619. The zero-order valence-corrected chi connectivity index (χ0v) is 13.7. The van der Waals surface area contributed by atoms with Crippen LogP contribution in [0.4, 0.5) is 0 Å². The fraction of sp³-hybridized carbons (Fsp3) is 0.647. The van der Waals surface area contributed by atoms with Crippen molar-refractivity contribution in [2.75, 3.05) is 27.3 Å². The summed E-state index contributed by atoms with van der Waals surface area (Å²) in [6, 6.07) is 7.40. The maximum atomic E-state index is 5.35. The van der Waals surface area contributed by atoms with Gasteiger partial charge in [-0.3, -0.25) is 0 Å². The van der Waals surface area contributed by atoms with E-state index in [-0.39, 0.29) is 0 Å². The van der Waals surface area contributed by atoms with Crippen LogP contribution in [-0.2, 0) is 6.54 Å². The van der Waals surface area contributed by atoms with Crippen molar-refractivity contribution in [1.82, 2.24) is 10.2 Å². The van der Waals surface area contributed by atoms with E-state index in [9.17, 15) is 0 Å². The number of methoxy groups -OCH3 is 2. The topological polar surface area (TPSA) is 33.7 Å². The van der Waals surface area contributed by atoms with Crippen LogP contribution in [0.3, 0.4) is 0 Å². The third kappa shape index (κ3) is 4.35. The normalized spacial score (nSPS) is 17.2. The van der Waals surface area contributed by atoms with Gasteiger partial charge in [0.1, 0.15) is 0 Å². The minimum absolute atomic E-state index is 0.619. The molecule has 1 heterocycles. The van der Waals surface area contributed by atoms with Crippen LogP contribution >= 0.6 is 0 Å². The Hall–Kier alpha value is -1.26. The van der Waals surface area contributed by atoms with Gasteiger partial charge in [-0.2, -0.15) is 0 Å². The second kappa shape index (κ2) is 7.66. The maximum absolute atomic E-state index is 5.35. The molecule has 1 aromatic carbocycles. The molecule has 0 saturated carbocycles. The Bertz CT molecular complexity index is 440. The highest BCUT2D eigenvalue weighted by Gasteiger charge is 2.20. The second-order valence-electron chi connectivity index (χ2n) is 5.97. The lowest BCUT2D eigenvalue weighted by Crippen LogP contribution is -2.44. The van der Waals surface area contributed by atoms with E-state index in [1.807, 2.05) is 6.07 Å². The van der Waals surface area contributed by atoms with Crippen LogP contribution in [0, 0.1) is 0 Å². The largest absolute Gasteiger partial charge is 0.493 e. The predicted molar refractivity (Wildman–Crippen MR) is 86.1 cm³/mol. The molecule has 0 bridgehead atoms. The number of piperidine rings is 1. The Kier molecular flexibility index (Phi) is 5.88. The molecule has 0 atom stereocenters. The number of hydrogen-bond donors (Lipinski definition) is 1. The molecular formula is C17H28N2O2. The molecule has 4 nitrogen and oxygen atoms in total. The summed E-state index contributed by atoms with van der Waals surface area (Å²) in [5.41, 5.74) is 1.24. The first-order valence-corrected chi connectivity index (χ1v) is 7.82. The smallest absolute Gasteiger partial charge is 0.161 e. The van der Waals surface area contributed by atoms with Gasteiger partial charge in [-0.1, -0.05) is 6.07 Å². The molecule has 1 aromatic rings. The molecule has 0 aromatic heterocycles. The standard InChI is InChI=1S/C17H28N2O2/c1-13(2)19-9-7-15(8-10-19)18-12-14-5-6-16(20-3)17(11-14)21-4/h5-6,11,13,15,18H,7-10,12H2,1-4H3. The van der Waals surface area contributed by atoms with Crippen LogP contribution in [0.2, 0.25) is 0 Å². The molecule has 0 amide bonds. The lowest BCUT2D eigenvalue weighted by Gasteiger charge is -2.35. The van der Waals surface area contributed by atoms with Gasteiger partial charge in [0, 0.05) is 18.6 Å². The van der Waals surface area contributed by atoms with E-state index in [1.165, 1.54) is 31.5 Å². The Morgan fingerprint density at radius 1 is 1.14 bits per heavy atom. The van der Waals surface area contributed by atoms with E-state index in [0.29, 0.717) is 12.1 Å². The van der Waals surface area contributed by atoms with Crippen LogP contribution in [-0.4, -0.2) is 44.3 Å². The Morgan fingerprint density at radius 3 is 2.38 bits per heavy atom. The molecule has 118 valence electrons. The quantitative estimate of drug-likeness (QED) is 0.874. The summed E-state index contributed by atoms with van der Waals surface area (Å²) >= 11 is 0. The van der Waals surface area contributed by atoms with Gasteiger partial charge in [0.2, 0.25) is 0 Å². The van der Waals surface area contributed by atoms with Gasteiger partial charge in [-0.15, -0.1) is 0 Å². The van der Waals surface area contributed by atoms with E-state index < -0.39 is 0 Å². The van der Waals surface area contributed by atoms with E-state index >= 15 is 0 Å². The van der Waals surface area contributed by atoms with E-state index in [2.05, 4.69) is 36.2 Å².